The third-order valence-electron chi connectivity index (χ3n) is 5.11. The number of halogens is 1. The van der Waals surface area contributed by atoms with Gasteiger partial charge in [-0.3, -0.25) is 4.79 Å². The summed E-state index contributed by atoms with van der Waals surface area (Å²) >= 11 is 7.50. The van der Waals surface area contributed by atoms with Crippen molar-refractivity contribution in [1.82, 2.24) is 10.2 Å². The number of carbonyl (C=O) groups excluding carboxylic acids is 1. The molecule has 1 saturated heterocycles. The van der Waals surface area contributed by atoms with Crippen LogP contribution in [0.3, 0.4) is 0 Å². The number of thioether (sulfide) groups is 1. The largest absolute Gasteiger partial charge is 0.490 e. The van der Waals surface area contributed by atoms with Crippen LogP contribution in [0.5, 0.6) is 5.75 Å². The minimum absolute atomic E-state index is 0.0547. The van der Waals surface area contributed by atoms with Crippen LogP contribution in [-0.2, 0) is 11.3 Å². The molecule has 0 aromatic heterocycles. The standard InChI is InChI=1S/C23H29ClN2O2S/c1-3-22(29-21-10-6-18(24)7-11-21)23(27)25-16-17-4-8-19(9-5-17)28-20-12-14-26(2)15-13-20/h4-11,20,22H,3,12-16H2,1-2H3,(H,25,27)/t22-/m1/s1. The van der Waals surface area contributed by atoms with Crippen LogP contribution in [0.1, 0.15) is 31.7 Å². The van der Waals surface area contributed by atoms with Crippen LogP contribution in [0.4, 0.5) is 0 Å². The minimum Gasteiger partial charge on any atom is -0.490 e. The third kappa shape index (κ3) is 6.95. The van der Waals surface area contributed by atoms with Crippen LogP contribution >= 0.6 is 23.4 Å². The lowest BCUT2D eigenvalue weighted by atomic mass is 10.1. The second kappa shape index (κ2) is 10.9. The Morgan fingerprint density at radius 2 is 1.83 bits per heavy atom. The molecule has 0 saturated carbocycles. The molecule has 1 heterocycles. The lowest BCUT2D eigenvalue weighted by Gasteiger charge is -2.29. The summed E-state index contributed by atoms with van der Waals surface area (Å²) in [6.45, 7) is 4.72. The maximum absolute atomic E-state index is 12.6. The monoisotopic (exact) mass is 432 g/mol. The van der Waals surface area contributed by atoms with Gasteiger partial charge >= 0.3 is 0 Å². The first-order valence-electron chi connectivity index (χ1n) is 10.2. The number of nitrogens with one attached hydrogen (secondary N) is 1. The van der Waals surface area contributed by atoms with Crippen molar-refractivity contribution >= 4 is 29.3 Å². The van der Waals surface area contributed by atoms with E-state index in [2.05, 4.69) is 17.3 Å². The number of likely N-dealkylation sites (tertiary alicyclic amines) is 1. The summed E-state index contributed by atoms with van der Waals surface area (Å²) in [5.74, 6) is 0.957. The molecule has 0 aliphatic carbocycles. The highest BCUT2D eigenvalue weighted by Crippen LogP contribution is 2.27. The van der Waals surface area contributed by atoms with Crippen LogP contribution < -0.4 is 10.1 Å². The van der Waals surface area contributed by atoms with Gasteiger partial charge in [-0.05, 0) is 68.3 Å². The van der Waals surface area contributed by atoms with Crippen molar-refractivity contribution in [1.29, 1.82) is 0 Å². The Hall–Kier alpha value is -1.69. The molecule has 2 aromatic carbocycles. The summed E-state index contributed by atoms with van der Waals surface area (Å²) in [7, 11) is 2.15. The maximum Gasteiger partial charge on any atom is 0.233 e. The summed E-state index contributed by atoms with van der Waals surface area (Å²) in [4.78, 5) is 16.0. The van der Waals surface area contributed by atoms with E-state index in [0.717, 1.165) is 48.6 Å². The lowest BCUT2D eigenvalue weighted by Crippen LogP contribution is -2.35. The fraction of sp³-hybridized carbons (Fsp3) is 0.435. The molecular formula is C23H29ClN2O2S. The molecule has 6 heteroatoms. The van der Waals surface area contributed by atoms with Gasteiger partial charge in [0.25, 0.3) is 0 Å². The average molecular weight is 433 g/mol. The Morgan fingerprint density at radius 3 is 2.45 bits per heavy atom. The summed E-state index contributed by atoms with van der Waals surface area (Å²) < 4.78 is 6.09. The third-order valence-corrected chi connectivity index (χ3v) is 6.74. The lowest BCUT2D eigenvalue weighted by molar-refractivity contribution is -0.120. The molecule has 4 nitrogen and oxygen atoms in total. The van der Waals surface area contributed by atoms with Crippen LogP contribution in [-0.4, -0.2) is 42.3 Å². The number of rotatable bonds is 8. The fourth-order valence-corrected chi connectivity index (χ4v) is 4.39. The number of hydrogen-bond donors (Lipinski definition) is 1. The smallest absolute Gasteiger partial charge is 0.233 e. The van der Waals surface area contributed by atoms with Crippen molar-refractivity contribution in [2.45, 2.75) is 49.0 Å². The first-order chi connectivity index (χ1) is 14.0. The molecule has 0 spiro atoms. The SMILES string of the molecule is CC[C@@H](Sc1ccc(Cl)cc1)C(=O)NCc1ccc(OC2CCN(C)CC2)cc1. The molecule has 1 N–H and O–H groups in total. The molecule has 0 radical (unpaired) electrons. The Morgan fingerprint density at radius 1 is 1.17 bits per heavy atom. The van der Waals surface area contributed by atoms with Crippen LogP contribution in [0.25, 0.3) is 0 Å². The predicted octanol–water partition coefficient (Wildman–Crippen LogP) is 5.00. The first kappa shape index (κ1) is 22.0. The van der Waals surface area contributed by atoms with Gasteiger partial charge in [-0.25, -0.2) is 0 Å². The van der Waals surface area contributed by atoms with Crippen molar-refractivity contribution in [3.05, 3.63) is 59.1 Å². The van der Waals surface area contributed by atoms with Crippen molar-refractivity contribution in [2.75, 3.05) is 20.1 Å². The van der Waals surface area contributed by atoms with Gasteiger partial charge < -0.3 is 15.0 Å². The molecule has 2 aromatic rings. The maximum atomic E-state index is 12.6. The van der Waals surface area contributed by atoms with Gasteiger partial charge in [0, 0.05) is 29.6 Å². The summed E-state index contributed by atoms with van der Waals surface area (Å²) in [6.07, 6.45) is 3.20. The molecule has 0 bridgehead atoms. The van der Waals surface area contributed by atoms with Crippen molar-refractivity contribution in [3.63, 3.8) is 0 Å². The van der Waals surface area contributed by atoms with E-state index in [1.807, 2.05) is 55.5 Å². The number of carbonyl (C=O) groups is 1. The molecule has 0 unspecified atom stereocenters. The molecular weight excluding hydrogens is 404 g/mol. The van der Waals surface area contributed by atoms with Crippen LogP contribution in [0.15, 0.2) is 53.4 Å². The molecule has 1 aliphatic heterocycles. The predicted molar refractivity (Wildman–Crippen MR) is 121 cm³/mol. The average Bonchev–Trinajstić information content (AvgIpc) is 2.74. The Kier molecular flexibility index (Phi) is 8.28. The van der Waals surface area contributed by atoms with E-state index in [9.17, 15) is 4.79 Å². The van der Waals surface area contributed by atoms with Gasteiger partial charge in [-0.15, -0.1) is 11.8 Å². The summed E-state index contributed by atoms with van der Waals surface area (Å²) in [5, 5.41) is 3.64. The Bertz CT molecular complexity index is 774. The van der Waals surface area contributed by atoms with Crippen molar-refractivity contribution in [3.8, 4) is 5.75 Å². The van der Waals surface area contributed by atoms with E-state index in [-0.39, 0.29) is 11.2 Å². The highest BCUT2D eigenvalue weighted by molar-refractivity contribution is 8.00. The number of piperidine rings is 1. The van der Waals surface area contributed by atoms with Gasteiger partial charge in [0.15, 0.2) is 0 Å². The zero-order chi connectivity index (χ0) is 20.6. The normalized spacial score (nSPS) is 16.4. The highest BCUT2D eigenvalue weighted by atomic mass is 35.5. The van der Waals surface area contributed by atoms with E-state index in [0.29, 0.717) is 17.7 Å². The number of nitrogens with zero attached hydrogens (tertiary/aromatic N) is 1. The molecule has 1 atom stereocenters. The number of amides is 1. The van der Waals surface area contributed by atoms with Gasteiger partial charge in [-0.1, -0.05) is 30.7 Å². The summed E-state index contributed by atoms with van der Waals surface area (Å²) in [5.41, 5.74) is 1.07. The highest BCUT2D eigenvalue weighted by Gasteiger charge is 2.19. The molecule has 1 amide bonds. The van der Waals surface area contributed by atoms with Gasteiger partial charge in [0.1, 0.15) is 11.9 Å². The fourth-order valence-electron chi connectivity index (χ4n) is 3.28. The van der Waals surface area contributed by atoms with E-state index >= 15 is 0 Å². The number of benzene rings is 2. The number of hydrogen-bond acceptors (Lipinski definition) is 4. The minimum atomic E-state index is -0.122. The topological polar surface area (TPSA) is 41.6 Å². The van der Waals surface area contributed by atoms with Crippen molar-refractivity contribution in [2.24, 2.45) is 0 Å². The Labute approximate surface area is 183 Å². The molecule has 3 rings (SSSR count). The molecule has 156 valence electrons. The number of ether oxygens (including phenoxy) is 1. The Balaban J connectivity index is 1.46. The van der Waals surface area contributed by atoms with Crippen molar-refractivity contribution < 1.29 is 9.53 Å². The first-order valence-corrected chi connectivity index (χ1v) is 11.4. The van der Waals surface area contributed by atoms with Gasteiger partial charge in [0.05, 0.1) is 5.25 Å². The zero-order valence-corrected chi connectivity index (χ0v) is 18.6. The van der Waals surface area contributed by atoms with E-state index < -0.39 is 0 Å². The summed E-state index contributed by atoms with van der Waals surface area (Å²) in [6, 6.07) is 15.7. The second-order valence-electron chi connectivity index (χ2n) is 7.45. The molecule has 29 heavy (non-hydrogen) atoms. The van der Waals surface area contributed by atoms with Crippen LogP contribution in [0.2, 0.25) is 5.02 Å². The van der Waals surface area contributed by atoms with E-state index in [1.54, 1.807) is 11.8 Å². The van der Waals surface area contributed by atoms with Gasteiger partial charge in [0.2, 0.25) is 5.91 Å². The quantitative estimate of drug-likeness (QED) is 0.596. The van der Waals surface area contributed by atoms with E-state index in [4.69, 9.17) is 16.3 Å². The van der Waals surface area contributed by atoms with Gasteiger partial charge in [-0.2, -0.15) is 0 Å². The zero-order valence-electron chi connectivity index (χ0n) is 17.1. The van der Waals surface area contributed by atoms with E-state index in [1.165, 1.54) is 0 Å². The van der Waals surface area contributed by atoms with Crippen LogP contribution in [0, 0.1) is 0 Å². The second-order valence-corrected chi connectivity index (χ2v) is 9.16. The molecule has 1 fully saturated rings. The molecule has 1 aliphatic rings.